The van der Waals surface area contributed by atoms with Crippen molar-refractivity contribution in [1.29, 1.82) is 0 Å². The van der Waals surface area contributed by atoms with E-state index in [-0.39, 0.29) is 5.41 Å². The summed E-state index contributed by atoms with van der Waals surface area (Å²) in [4.78, 5) is 11.0. The first-order valence-electron chi connectivity index (χ1n) is 9.75. The van der Waals surface area contributed by atoms with E-state index in [0.717, 1.165) is 31.2 Å². The molecule has 1 fully saturated rings. The minimum atomic E-state index is -4.34. The smallest absolute Gasteiger partial charge is 0.357 e. The van der Waals surface area contributed by atoms with Crippen molar-refractivity contribution >= 4 is 5.96 Å². The van der Waals surface area contributed by atoms with E-state index in [9.17, 15) is 13.2 Å². The topological polar surface area (TPSA) is 58.3 Å². The van der Waals surface area contributed by atoms with Crippen molar-refractivity contribution in [3.05, 3.63) is 47.5 Å². The highest BCUT2D eigenvalue weighted by Gasteiger charge is 2.40. The second kappa shape index (κ2) is 8.42. The fourth-order valence-electron chi connectivity index (χ4n) is 3.61. The third-order valence-corrected chi connectivity index (χ3v) is 5.52. The van der Waals surface area contributed by atoms with Gasteiger partial charge < -0.3 is 10.2 Å². The molecule has 0 spiro atoms. The van der Waals surface area contributed by atoms with Crippen LogP contribution >= 0.6 is 0 Å². The third kappa shape index (κ3) is 4.71. The van der Waals surface area contributed by atoms with Gasteiger partial charge in [0.25, 0.3) is 0 Å². The van der Waals surface area contributed by atoms with Crippen LogP contribution in [0.2, 0.25) is 0 Å². The maximum Gasteiger partial charge on any atom is 0.416 e. The largest absolute Gasteiger partial charge is 0.416 e. The maximum atomic E-state index is 13.2. The summed E-state index contributed by atoms with van der Waals surface area (Å²) in [7, 11) is 3.74. The van der Waals surface area contributed by atoms with E-state index in [2.05, 4.69) is 15.4 Å². The normalized spacial score (nSPS) is 16.4. The van der Waals surface area contributed by atoms with Crippen LogP contribution in [0.4, 0.5) is 13.2 Å². The number of aromatic nitrogens is 3. The number of hydrogen-bond acceptors (Lipinski definition) is 3. The van der Waals surface area contributed by atoms with Crippen LogP contribution in [-0.4, -0.2) is 45.8 Å². The first-order valence-corrected chi connectivity index (χ1v) is 9.75. The Labute approximate surface area is 168 Å². The first kappa shape index (κ1) is 21.1. The van der Waals surface area contributed by atoms with Crippen LogP contribution in [0.5, 0.6) is 0 Å². The van der Waals surface area contributed by atoms with E-state index in [0.29, 0.717) is 31.2 Å². The number of aliphatic imine (C=N–C) groups is 1. The van der Waals surface area contributed by atoms with Crippen molar-refractivity contribution < 1.29 is 13.2 Å². The average Bonchev–Trinajstić information content (AvgIpc) is 3.04. The molecular formula is C20H27F3N6. The molecule has 158 valence electrons. The SMILES string of the molecule is CCNC(=NCC1(c2cccc(C(F)(F)F)c2)CCC1)N(C)Cc1ncnn1C. The Kier molecular flexibility index (Phi) is 6.14. The van der Waals surface area contributed by atoms with Crippen LogP contribution in [0.1, 0.15) is 43.1 Å². The van der Waals surface area contributed by atoms with Crippen LogP contribution in [0.15, 0.2) is 35.6 Å². The molecule has 0 bridgehead atoms. The number of nitrogens with one attached hydrogen (secondary N) is 1. The van der Waals surface area contributed by atoms with E-state index >= 15 is 0 Å². The van der Waals surface area contributed by atoms with Gasteiger partial charge in [-0.2, -0.15) is 18.3 Å². The summed E-state index contributed by atoms with van der Waals surface area (Å²) in [6.07, 6.45) is -0.161. The van der Waals surface area contributed by atoms with E-state index in [1.54, 1.807) is 10.7 Å². The zero-order valence-electron chi connectivity index (χ0n) is 17.0. The summed E-state index contributed by atoms with van der Waals surface area (Å²) in [6, 6.07) is 5.69. The quantitative estimate of drug-likeness (QED) is 0.588. The van der Waals surface area contributed by atoms with E-state index in [1.165, 1.54) is 18.5 Å². The number of halogens is 3. The summed E-state index contributed by atoms with van der Waals surface area (Å²) < 4.78 is 41.2. The molecule has 9 heteroatoms. The highest BCUT2D eigenvalue weighted by atomic mass is 19.4. The van der Waals surface area contributed by atoms with Gasteiger partial charge in [0.05, 0.1) is 18.7 Å². The molecule has 6 nitrogen and oxygen atoms in total. The zero-order valence-corrected chi connectivity index (χ0v) is 17.0. The summed E-state index contributed by atoms with van der Waals surface area (Å²) in [5, 5.41) is 7.34. The molecule has 0 atom stereocenters. The van der Waals surface area contributed by atoms with Crippen molar-refractivity contribution in [2.45, 2.75) is 44.3 Å². The van der Waals surface area contributed by atoms with Gasteiger partial charge in [-0.1, -0.05) is 24.6 Å². The molecule has 1 aromatic carbocycles. The molecule has 3 rings (SSSR count). The molecule has 0 radical (unpaired) electrons. The Morgan fingerprint density at radius 2 is 2.10 bits per heavy atom. The molecule has 0 aliphatic heterocycles. The number of aryl methyl sites for hydroxylation is 1. The highest BCUT2D eigenvalue weighted by Crippen LogP contribution is 2.45. The van der Waals surface area contributed by atoms with Crippen LogP contribution in [0.3, 0.4) is 0 Å². The number of rotatable bonds is 6. The second-order valence-electron chi connectivity index (χ2n) is 7.54. The molecule has 1 N–H and O–H groups in total. The minimum absolute atomic E-state index is 0.340. The minimum Gasteiger partial charge on any atom is -0.357 e. The van der Waals surface area contributed by atoms with Gasteiger partial charge in [-0.05, 0) is 31.4 Å². The van der Waals surface area contributed by atoms with Gasteiger partial charge in [0.1, 0.15) is 12.2 Å². The van der Waals surface area contributed by atoms with Crippen LogP contribution in [0.25, 0.3) is 0 Å². The van der Waals surface area contributed by atoms with Crippen LogP contribution < -0.4 is 5.32 Å². The molecule has 2 aromatic rings. The van der Waals surface area contributed by atoms with Crippen molar-refractivity contribution in [3.8, 4) is 0 Å². The molecule has 1 aromatic heterocycles. The van der Waals surface area contributed by atoms with Gasteiger partial charge in [-0.3, -0.25) is 9.67 Å². The fourth-order valence-corrected chi connectivity index (χ4v) is 3.61. The van der Waals surface area contributed by atoms with Crippen molar-refractivity contribution in [3.63, 3.8) is 0 Å². The zero-order chi connectivity index (χ0) is 21.1. The molecule has 29 heavy (non-hydrogen) atoms. The van der Waals surface area contributed by atoms with Crippen molar-refractivity contribution in [2.24, 2.45) is 12.0 Å². The Morgan fingerprint density at radius 1 is 1.34 bits per heavy atom. The number of nitrogens with zero attached hydrogens (tertiary/aromatic N) is 5. The Bertz CT molecular complexity index is 854. The van der Waals surface area contributed by atoms with Crippen LogP contribution in [0, 0.1) is 0 Å². The number of benzene rings is 1. The molecule has 0 amide bonds. The van der Waals surface area contributed by atoms with E-state index in [4.69, 9.17) is 4.99 Å². The summed E-state index contributed by atoms with van der Waals surface area (Å²) in [6.45, 7) is 3.65. The summed E-state index contributed by atoms with van der Waals surface area (Å²) in [5.41, 5.74) is -0.223. The molecule has 1 heterocycles. The van der Waals surface area contributed by atoms with Gasteiger partial charge in [0.2, 0.25) is 0 Å². The first-order chi connectivity index (χ1) is 13.7. The molecule has 1 saturated carbocycles. The lowest BCUT2D eigenvalue weighted by atomic mass is 9.64. The third-order valence-electron chi connectivity index (χ3n) is 5.52. The van der Waals surface area contributed by atoms with Gasteiger partial charge in [-0.15, -0.1) is 0 Å². The van der Waals surface area contributed by atoms with Crippen LogP contribution in [-0.2, 0) is 25.2 Å². The average molecular weight is 408 g/mol. The molecular weight excluding hydrogens is 381 g/mol. The number of alkyl halides is 3. The van der Waals surface area contributed by atoms with Crippen molar-refractivity contribution in [1.82, 2.24) is 25.0 Å². The lowest BCUT2D eigenvalue weighted by molar-refractivity contribution is -0.137. The van der Waals surface area contributed by atoms with Gasteiger partial charge in [0, 0.05) is 26.1 Å². The van der Waals surface area contributed by atoms with Gasteiger partial charge in [-0.25, -0.2) is 4.98 Å². The second-order valence-corrected chi connectivity index (χ2v) is 7.54. The predicted molar refractivity (Wildman–Crippen MR) is 105 cm³/mol. The highest BCUT2D eigenvalue weighted by molar-refractivity contribution is 5.79. The monoisotopic (exact) mass is 408 g/mol. The van der Waals surface area contributed by atoms with E-state index in [1.807, 2.05) is 25.9 Å². The Balaban J connectivity index is 1.80. The number of guanidine groups is 1. The number of hydrogen-bond donors (Lipinski definition) is 1. The molecule has 1 aliphatic carbocycles. The predicted octanol–water partition coefficient (Wildman–Crippen LogP) is 3.35. The fraction of sp³-hybridized carbons (Fsp3) is 0.550. The Morgan fingerprint density at radius 3 is 2.66 bits per heavy atom. The lowest BCUT2D eigenvalue weighted by Gasteiger charge is -2.42. The molecule has 0 saturated heterocycles. The van der Waals surface area contributed by atoms with E-state index < -0.39 is 11.7 Å². The summed E-state index contributed by atoms with van der Waals surface area (Å²) >= 11 is 0. The molecule has 1 aliphatic rings. The Hall–Kier alpha value is -2.58. The standard InChI is InChI=1S/C20H27F3N6/c1-4-24-18(28(2)12-17-26-14-27-29(17)3)25-13-19(9-6-10-19)15-7-5-8-16(11-15)20(21,22)23/h5,7-8,11,14H,4,6,9-10,12-13H2,1-3H3,(H,24,25). The van der Waals surface area contributed by atoms with Gasteiger partial charge >= 0.3 is 6.18 Å². The van der Waals surface area contributed by atoms with Crippen molar-refractivity contribution in [2.75, 3.05) is 20.1 Å². The van der Waals surface area contributed by atoms with Gasteiger partial charge in [0.15, 0.2) is 5.96 Å². The molecule has 0 unspecified atom stereocenters. The lowest BCUT2D eigenvalue weighted by Crippen LogP contribution is -2.42. The summed E-state index contributed by atoms with van der Waals surface area (Å²) in [5.74, 6) is 1.50. The maximum absolute atomic E-state index is 13.2.